The van der Waals surface area contributed by atoms with Crippen LogP contribution < -0.4 is 5.32 Å². The summed E-state index contributed by atoms with van der Waals surface area (Å²) < 4.78 is 0. The normalized spacial score (nSPS) is 30.8. The number of nitrogens with zero attached hydrogens (tertiary/aromatic N) is 1. The van der Waals surface area contributed by atoms with Crippen LogP contribution >= 0.6 is 11.3 Å². The molecule has 18 heavy (non-hydrogen) atoms. The Bertz CT molecular complexity index is 456. The van der Waals surface area contributed by atoms with Crippen molar-refractivity contribution in [2.45, 2.75) is 26.3 Å². The molecule has 3 atom stereocenters. The monoisotopic (exact) mass is 264 g/mol. The van der Waals surface area contributed by atoms with E-state index in [0.29, 0.717) is 17.9 Å². The van der Waals surface area contributed by atoms with Crippen molar-refractivity contribution in [2.75, 3.05) is 19.6 Å². The fourth-order valence-electron chi connectivity index (χ4n) is 3.47. The zero-order valence-corrected chi connectivity index (χ0v) is 11.8. The van der Waals surface area contributed by atoms with Crippen LogP contribution in [0.3, 0.4) is 0 Å². The molecule has 3 rings (SSSR count). The zero-order valence-electron chi connectivity index (χ0n) is 11.0. The van der Waals surface area contributed by atoms with Crippen molar-refractivity contribution in [3.63, 3.8) is 0 Å². The summed E-state index contributed by atoms with van der Waals surface area (Å²) in [6.07, 6.45) is 1.07. The quantitative estimate of drug-likeness (QED) is 0.887. The number of thiophene rings is 1. The zero-order chi connectivity index (χ0) is 12.7. The molecule has 0 spiro atoms. The van der Waals surface area contributed by atoms with Gasteiger partial charge in [-0.05, 0) is 37.3 Å². The molecule has 0 saturated carbocycles. The number of aryl methyl sites for hydroxylation is 1. The van der Waals surface area contributed by atoms with Crippen molar-refractivity contribution in [2.24, 2.45) is 11.8 Å². The van der Waals surface area contributed by atoms with Crippen molar-refractivity contribution in [1.29, 1.82) is 0 Å². The molecule has 3 unspecified atom stereocenters. The highest BCUT2D eigenvalue weighted by Crippen LogP contribution is 2.35. The Hall–Kier alpha value is -0.870. The van der Waals surface area contributed by atoms with Crippen molar-refractivity contribution in [3.05, 3.63) is 21.9 Å². The highest BCUT2D eigenvalue weighted by atomic mass is 32.1. The number of rotatable bonds is 2. The van der Waals surface area contributed by atoms with Crippen LogP contribution in [0.25, 0.3) is 0 Å². The van der Waals surface area contributed by atoms with Gasteiger partial charge >= 0.3 is 0 Å². The first-order valence-corrected chi connectivity index (χ1v) is 7.60. The highest BCUT2D eigenvalue weighted by Gasteiger charge is 2.45. The Morgan fingerprint density at radius 2 is 2.33 bits per heavy atom. The van der Waals surface area contributed by atoms with Gasteiger partial charge in [-0.25, -0.2) is 0 Å². The van der Waals surface area contributed by atoms with Crippen LogP contribution in [0.2, 0.25) is 0 Å². The standard InChI is InChI=1S/C14H20N2OS/c1-3-12-11-7-15-6-10(11)8-16(12)14(17)13-5-4-9(2)18-13/h4-5,10-12,15H,3,6-8H2,1-2H3. The van der Waals surface area contributed by atoms with Gasteiger partial charge in [-0.2, -0.15) is 0 Å². The predicted molar refractivity (Wildman–Crippen MR) is 74.0 cm³/mol. The first-order valence-electron chi connectivity index (χ1n) is 6.78. The van der Waals surface area contributed by atoms with Gasteiger partial charge in [-0.15, -0.1) is 11.3 Å². The number of fused-ring (bicyclic) bond motifs is 1. The average molecular weight is 264 g/mol. The summed E-state index contributed by atoms with van der Waals surface area (Å²) in [7, 11) is 0. The molecule has 3 nitrogen and oxygen atoms in total. The molecule has 3 heterocycles. The second-order valence-corrected chi connectivity index (χ2v) is 6.71. The van der Waals surface area contributed by atoms with Gasteiger partial charge < -0.3 is 10.2 Å². The summed E-state index contributed by atoms with van der Waals surface area (Å²) in [5.74, 6) is 1.58. The highest BCUT2D eigenvalue weighted by molar-refractivity contribution is 7.13. The van der Waals surface area contributed by atoms with Gasteiger partial charge in [-0.1, -0.05) is 6.92 Å². The molecule has 1 amide bonds. The van der Waals surface area contributed by atoms with Gasteiger partial charge in [0.25, 0.3) is 5.91 Å². The maximum atomic E-state index is 12.6. The van der Waals surface area contributed by atoms with Gasteiger partial charge in [0.1, 0.15) is 0 Å². The summed E-state index contributed by atoms with van der Waals surface area (Å²) in [5, 5.41) is 3.46. The van der Waals surface area contributed by atoms with Crippen molar-refractivity contribution in [3.8, 4) is 0 Å². The van der Waals surface area contributed by atoms with Crippen LogP contribution in [0.15, 0.2) is 12.1 Å². The molecule has 1 N–H and O–H groups in total. The van der Waals surface area contributed by atoms with Crippen LogP contribution in [-0.2, 0) is 0 Å². The lowest BCUT2D eigenvalue weighted by atomic mass is 9.93. The molecule has 0 aliphatic carbocycles. The predicted octanol–water partition coefficient (Wildman–Crippen LogP) is 2.13. The van der Waals surface area contributed by atoms with E-state index in [1.54, 1.807) is 11.3 Å². The van der Waals surface area contributed by atoms with Crippen LogP contribution in [-0.4, -0.2) is 36.5 Å². The lowest BCUT2D eigenvalue weighted by molar-refractivity contribution is 0.0716. The molecule has 98 valence electrons. The number of nitrogens with one attached hydrogen (secondary N) is 1. The second kappa shape index (κ2) is 4.67. The van der Waals surface area contributed by atoms with E-state index >= 15 is 0 Å². The third-order valence-corrected chi connectivity index (χ3v) is 5.34. The van der Waals surface area contributed by atoms with Crippen molar-refractivity contribution < 1.29 is 4.79 Å². The molecule has 4 heteroatoms. The summed E-state index contributed by atoms with van der Waals surface area (Å²) in [4.78, 5) is 16.8. The fraction of sp³-hybridized carbons (Fsp3) is 0.643. The molecular formula is C14H20N2OS. The largest absolute Gasteiger partial charge is 0.334 e. The maximum Gasteiger partial charge on any atom is 0.264 e. The second-order valence-electron chi connectivity index (χ2n) is 5.43. The van der Waals surface area contributed by atoms with Crippen LogP contribution in [0.5, 0.6) is 0 Å². The van der Waals surface area contributed by atoms with Crippen molar-refractivity contribution >= 4 is 17.2 Å². The van der Waals surface area contributed by atoms with Gasteiger partial charge in [-0.3, -0.25) is 4.79 Å². The van der Waals surface area contributed by atoms with E-state index in [-0.39, 0.29) is 5.91 Å². The Morgan fingerprint density at radius 3 is 3.00 bits per heavy atom. The number of amides is 1. The summed E-state index contributed by atoms with van der Waals surface area (Å²) in [6, 6.07) is 4.44. The third-order valence-electron chi connectivity index (χ3n) is 4.35. The van der Waals surface area contributed by atoms with E-state index in [4.69, 9.17) is 0 Å². The molecular weight excluding hydrogens is 244 g/mol. The molecule has 2 fully saturated rings. The number of likely N-dealkylation sites (tertiary alicyclic amines) is 1. The number of hydrogen-bond donors (Lipinski definition) is 1. The van der Waals surface area contributed by atoms with Gasteiger partial charge in [0.15, 0.2) is 0 Å². The van der Waals surface area contributed by atoms with E-state index in [1.807, 2.05) is 12.1 Å². The van der Waals surface area contributed by atoms with E-state index < -0.39 is 0 Å². The minimum Gasteiger partial charge on any atom is -0.334 e. The van der Waals surface area contributed by atoms with E-state index in [1.165, 1.54) is 4.88 Å². The van der Waals surface area contributed by atoms with Gasteiger partial charge in [0.2, 0.25) is 0 Å². The minimum atomic E-state index is 0.245. The number of hydrogen-bond acceptors (Lipinski definition) is 3. The number of carbonyl (C=O) groups excluding carboxylic acids is 1. The van der Waals surface area contributed by atoms with E-state index in [9.17, 15) is 4.79 Å². The van der Waals surface area contributed by atoms with Gasteiger partial charge in [0, 0.05) is 30.6 Å². The maximum absolute atomic E-state index is 12.6. The number of carbonyl (C=O) groups is 1. The summed E-state index contributed by atoms with van der Waals surface area (Å²) in [6.45, 7) is 7.35. The molecule has 2 aliphatic rings. The minimum absolute atomic E-state index is 0.245. The Labute approximate surface area is 112 Å². The van der Waals surface area contributed by atoms with Crippen LogP contribution in [0.4, 0.5) is 0 Å². The lowest BCUT2D eigenvalue weighted by Gasteiger charge is -2.26. The SMILES string of the molecule is CCC1C2CNCC2CN1C(=O)c1ccc(C)s1. The van der Waals surface area contributed by atoms with Gasteiger partial charge in [0.05, 0.1) is 4.88 Å². The summed E-state index contributed by atoms with van der Waals surface area (Å²) in [5.41, 5.74) is 0. The van der Waals surface area contributed by atoms with E-state index in [0.717, 1.165) is 30.9 Å². The molecule has 0 aromatic carbocycles. The molecule has 1 aromatic heterocycles. The Morgan fingerprint density at radius 1 is 1.50 bits per heavy atom. The fourth-order valence-corrected chi connectivity index (χ4v) is 4.29. The lowest BCUT2D eigenvalue weighted by Crippen LogP contribution is -2.39. The van der Waals surface area contributed by atoms with Crippen LogP contribution in [0.1, 0.15) is 27.9 Å². The molecule has 2 saturated heterocycles. The first kappa shape index (κ1) is 12.2. The van der Waals surface area contributed by atoms with E-state index in [2.05, 4.69) is 24.1 Å². The Kier molecular flexibility index (Phi) is 3.16. The smallest absolute Gasteiger partial charge is 0.264 e. The first-order chi connectivity index (χ1) is 8.70. The molecule has 2 aliphatic heterocycles. The Balaban J connectivity index is 1.81. The topological polar surface area (TPSA) is 32.3 Å². The summed E-state index contributed by atoms with van der Waals surface area (Å²) >= 11 is 1.62. The average Bonchev–Trinajstić information content (AvgIpc) is 3.01. The van der Waals surface area contributed by atoms with Crippen LogP contribution in [0, 0.1) is 18.8 Å². The molecule has 1 aromatic rings. The molecule has 0 radical (unpaired) electrons. The third kappa shape index (κ3) is 1.88. The molecule has 0 bridgehead atoms. The van der Waals surface area contributed by atoms with Crippen molar-refractivity contribution in [1.82, 2.24) is 10.2 Å².